The molecule has 0 unspecified atom stereocenters. The Labute approximate surface area is 141 Å². The summed E-state index contributed by atoms with van der Waals surface area (Å²) >= 11 is 0. The average Bonchev–Trinajstić information content (AvgIpc) is 3.15. The van der Waals surface area contributed by atoms with E-state index in [0.29, 0.717) is 0 Å². The topological polar surface area (TPSA) is 128 Å². The molecular weight excluding hydrogens is 326 g/mol. The fraction of sp³-hybridized carbons (Fsp3) is 0.0667. The first-order chi connectivity index (χ1) is 12.1. The van der Waals surface area contributed by atoms with E-state index in [9.17, 15) is 14.9 Å². The van der Waals surface area contributed by atoms with E-state index >= 15 is 0 Å². The Morgan fingerprint density at radius 1 is 1.24 bits per heavy atom. The summed E-state index contributed by atoms with van der Waals surface area (Å²) in [4.78, 5) is 34.4. The van der Waals surface area contributed by atoms with Crippen molar-refractivity contribution >= 4 is 17.4 Å². The van der Waals surface area contributed by atoms with Crippen molar-refractivity contribution in [2.75, 3.05) is 5.43 Å². The fourth-order valence-electron chi connectivity index (χ4n) is 2.16. The molecule has 2 aromatic heterocycles. The van der Waals surface area contributed by atoms with E-state index in [1.165, 1.54) is 23.3 Å². The number of nitrogens with one attached hydrogen (secondary N) is 2. The Morgan fingerprint density at radius 3 is 2.72 bits per heavy atom. The number of carbonyl (C=O) groups excluding carboxylic acids is 1. The molecule has 0 fully saturated rings. The van der Waals surface area contributed by atoms with Crippen LogP contribution in [-0.2, 0) is 11.2 Å². The quantitative estimate of drug-likeness (QED) is 0.511. The number of nitrogens with zero attached hydrogens (tertiary/aromatic N) is 5. The summed E-state index contributed by atoms with van der Waals surface area (Å²) in [6.07, 6.45) is 5.66. The highest BCUT2D eigenvalue weighted by Crippen LogP contribution is 2.26. The molecule has 0 radical (unpaired) electrons. The van der Waals surface area contributed by atoms with E-state index in [2.05, 4.69) is 25.8 Å². The second-order valence-electron chi connectivity index (χ2n) is 4.96. The number of anilines is 1. The first-order valence-corrected chi connectivity index (χ1v) is 7.21. The van der Waals surface area contributed by atoms with Gasteiger partial charge in [-0.1, -0.05) is 30.3 Å². The van der Waals surface area contributed by atoms with Crippen molar-refractivity contribution in [3.8, 4) is 5.82 Å². The molecule has 1 aromatic carbocycles. The minimum Gasteiger partial charge on any atom is -0.285 e. The van der Waals surface area contributed by atoms with Gasteiger partial charge in [-0.25, -0.2) is 15.0 Å². The minimum absolute atomic E-state index is 0.0392. The number of nitro groups is 1. The van der Waals surface area contributed by atoms with Gasteiger partial charge in [-0.3, -0.25) is 30.3 Å². The largest absolute Gasteiger partial charge is 0.355 e. The van der Waals surface area contributed by atoms with Crippen LogP contribution in [0.5, 0.6) is 0 Å². The van der Waals surface area contributed by atoms with Crippen LogP contribution >= 0.6 is 0 Å². The molecule has 3 rings (SSSR count). The Hall–Kier alpha value is -3.82. The SMILES string of the molecule is O=C(Cc1ccccc1)NNc1ncnc(-n2ccnc2)c1[N+](=O)[O-]. The van der Waals surface area contributed by atoms with Crippen molar-refractivity contribution in [3.63, 3.8) is 0 Å². The van der Waals surface area contributed by atoms with Crippen molar-refractivity contribution in [2.45, 2.75) is 6.42 Å². The van der Waals surface area contributed by atoms with Gasteiger partial charge in [0.1, 0.15) is 12.7 Å². The lowest BCUT2D eigenvalue weighted by molar-refractivity contribution is -0.384. The Kier molecular flexibility index (Phi) is 4.60. The second-order valence-corrected chi connectivity index (χ2v) is 4.96. The van der Waals surface area contributed by atoms with Crippen molar-refractivity contribution in [3.05, 3.63) is 71.1 Å². The van der Waals surface area contributed by atoms with Gasteiger partial charge in [0.2, 0.25) is 17.5 Å². The maximum atomic E-state index is 12.0. The number of benzene rings is 1. The number of carbonyl (C=O) groups is 1. The van der Waals surface area contributed by atoms with Crippen molar-refractivity contribution in [1.82, 2.24) is 24.9 Å². The monoisotopic (exact) mass is 339 g/mol. The Morgan fingerprint density at radius 2 is 2.04 bits per heavy atom. The summed E-state index contributed by atoms with van der Waals surface area (Å²) in [6.45, 7) is 0. The highest BCUT2D eigenvalue weighted by Gasteiger charge is 2.24. The minimum atomic E-state index is -0.624. The summed E-state index contributed by atoms with van der Waals surface area (Å²) in [6, 6.07) is 9.11. The van der Waals surface area contributed by atoms with E-state index in [0.717, 1.165) is 11.9 Å². The average molecular weight is 339 g/mol. The van der Waals surface area contributed by atoms with Crippen LogP contribution in [-0.4, -0.2) is 30.3 Å². The molecular formula is C15H13N7O3. The molecule has 0 spiro atoms. The number of imidazole rings is 1. The van der Waals surface area contributed by atoms with Crippen LogP contribution in [0.4, 0.5) is 11.5 Å². The Bertz CT molecular complexity index is 881. The maximum Gasteiger partial charge on any atom is 0.355 e. The summed E-state index contributed by atoms with van der Waals surface area (Å²) < 4.78 is 1.39. The predicted octanol–water partition coefficient (Wildman–Crippen LogP) is 1.26. The molecule has 0 bridgehead atoms. The van der Waals surface area contributed by atoms with Crippen LogP contribution in [0.25, 0.3) is 5.82 Å². The summed E-state index contributed by atoms with van der Waals surface area (Å²) in [5.41, 5.74) is 5.34. The van der Waals surface area contributed by atoms with E-state index in [1.807, 2.05) is 30.3 Å². The lowest BCUT2D eigenvalue weighted by Crippen LogP contribution is -2.31. The molecule has 0 atom stereocenters. The van der Waals surface area contributed by atoms with Gasteiger partial charge in [-0.15, -0.1) is 0 Å². The van der Waals surface area contributed by atoms with Crippen LogP contribution in [0, 0.1) is 10.1 Å². The third-order valence-corrected chi connectivity index (χ3v) is 3.26. The second kappa shape index (κ2) is 7.17. The van der Waals surface area contributed by atoms with E-state index in [-0.39, 0.29) is 29.7 Å². The molecule has 0 aliphatic heterocycles. The maximum absolute atomic E-state index is 12.0. The van der Waals surface area contributed by atoms with E-state index < -0.39 is 4.92 Å². The summed E-state index contributed by atoms with van der Waals surface area (Å²) in [7, 11) is 0. The molecule has 0 saturated carbocycles. The first-order valence-electron chi connectivity index (χ1n) is 7.21. The van der Waals surface area contributed by atoms with Crippen molar-refractivity contribution in [1.29, 1.82) is 0 Å². The molecule has 25 heavy (non-hydrogen) atoms. The molecule has 0 saturated heterocycles. The van der Waals surface area contributed by atoms with Crippen LogP contribution in [0.3, 0.4) is 0 Å². The highest BCUT2D eigenvalue weighted by molar-refractivity contribution is 5.80. The number of hydrogen-bond acceptors (Lipinski definition) is 7. The molecule has 2 heterocycles. The van der Waals surface area contributed by atoms with Crippen LogP contribution in [0.1, 0.15) is 5.56 Å². The van der Waals surface area contributed by atoms with Crippen molar-refractivity contribution < 1.29 is 9.72 Å². The molecule has 0 aliphatic carbocycles. The first kappa shape index (κ1) is 16.1. The zero-order valence-corrected chi connectivity index (χ0v) is 12.9. The normalized spacial score (nSPS) is 10.2. The zero-order chi connectivity index (χ0) is 17.6. The molecule has 10 nitrogen and oxygen atoms in total. The van der Waals surface area contributed by atoms with Gasteiger partial charge in [-0.05, 0) is 5.56 Å². The van der Waals surface area contributed by atoms with E-state index in [1.54, 1.807) is 0 Å². The highest BCUT2D eigenvalue weighted by atomic mass is 16.6. The van der Waals surface area contributed by atoms with Crippen LogP contribution in [0.2, 0.25) is 0 Å². The van der Waals surface area contributed by atoms with Gasteiger partial charge in [0.05, 0.1) is 11.3 Å². The van der Waals surface area contributed by atoms with Gasteiger partial charge in [0.15, 0.2) is 0 Å². The third kappa shape index (κ3) is 3.75. The summed E-state index contributed by atoms with van der Waals surface area (Å²) in [5, 5.41) is 11.4. The fourth-order valence-corrected chi connectivity index (χ4v) is 2.16. The molecule has 126 valence electrons. The summed E-state index contributed by atoms with van der Waals surface area (Å²) in [5.74, 6) is -0.439. The van der Waals surface area contributed by atoms with Gasteiger partial charge in [0, 0.05) is 12.4 Å². The number of hydrazine groups is 1. The van der Waals surface area contributed by atoms with Gasteiger partial charge < -0.3 is 0 Å². The molecule has 2 N–H and O–H groups in total. The van der Waals surface area contributed by atoms with Gasteiger partial charge >= 0.3 is 5.69 Å². The Balaban J connectivity index is 1.77. The van der Waals surface area contributed by atoms with Crippen molar-refractivity contribution in [2.24, 2.45) is 0 Å². The zero-order valence-electron chi connectivity index (χ0n) is 12.9. The van der Waals surface area contributed by atoms with Gasteiger partial charge in [0.25, 0.3) is 0 Å². The molecule has 0 aliphatic rings. The lowest BCUT2D eigenvalue weighted by atomic mass is 10.1. The number of hydrogen-bond donors (Lipinski definition) is 2. The third-order valence-electron chi connectivity index (χ3n) is 3.26. The van der Waals surface area contributed by atoms with Gasteiger partial charge in [-0.2, -0.15) is 0 Å². The number of rotatable bonds is 6. The molecule has 10 heteroatoms. The predicted molar refractivity (Wildman–Crippen MR) is 87.7 cm³/mol. The standard InChI is InChI=1S/C15H13N7O3/c23-12(8-11-4-2-1-3-5-11)19-20-14-13(22(24)25)15(18-9-17-14)21-7-6-16-10-21/h1-7,9-10H,8H2,(H,19,23)(H,17,18,20). The lowest BCUT2D eigenvalue weighted by Gasteiger charge is -2.10. The van der Waals surface area contributed by atoms with Crippen LogP contribution < -0.4 is 10.9 Å². The smallest absolute Gasteiger partial charge is 0.285 e. The molecule has 3 aromatic rings. The number of amides is 1. The number of aromatic nitrogens is 4. The molecule has 1 amide bonds. The van der Waals surface area contributed by atoms with Crippen LogP contribution in [0.15, 0.2) is 55.4 Å². The van der Waals surface area contributed by atoms with E-state index in [4.69, 9.17) is 0 Å².